The van der Waals surface area contributed by atoms with Gasteiger partial charge in [0.1, 0.15) is 11.8 Å². The minimum Gasteiger partial charge on any atom is -0.497 e. The molecule has 0 saturated heterocycles. The van der Waals surface area contributed by atoms with Crippen LogP contribution >= 0.6 is 0 Å². The van der Waals surface area contributed by atoms with Crippen molar-refractivity contribution >= 4 is 28.9 Å². The molecule has 1 atom stereocenters. The van der Waals surface area contributed by atoms with Crippen LogP contribution in [0.2, 0.25) is 0 Å². The fraction of sp³-hybridized carbons (Fsp3) is 0.417. The van der Waals surface area contributed by atoms with E-state index in [-0.39, 0.29) is 17.9 Å². The minimum absolute atomic E-state index is 0.0945. The number of hydrogen-bond acceptors (Lipinski definition) is 5. The summed E-state index contributed by atoms with van der Waals surface area (Å²) in [6, 6.07) is 9.63. The van der Waals surface area contributed by atoms with Crippen LogP contribution in [0.15, 0.2) is 30.3 Å². The Morgan fingerprint density at radius 3 is 2.94 bits per heavy atom. The number of methoxy groups -OCH3 is 1. The lowest BCUT2D eigenvalue weighted by Gasteiger charge is -2.31. The number of rotatable bonds is 6. The van der Waals surface area contributed by atoms with Crippen molar-refractivity contribution in [1.82, 2.24) is 5.32 Å². The summed E-state index contributed by atoms with van der Waals surface area (Å²) in [5.41, 5.74) is 5.43. The van der Waals surface area contributed by atoms with Gasteiger partial charge in [0, 0.05) is 31.4 Å². The first-order chi connectivity index (χ1) is 15.0. The summed E-state index contributed by atoms with van der Waals surface area (Å²) < 4.78 is 5.39. The second kappa shape index (κ2) is 8.88. The Morgan fingerprint density at radius 1 is 1.29 bits per heavy atom. The van der Waals surface area contributed by atoms with Crippen molar-refractivity contribution in [3.05, 3.63) is 47.0 Å². The van der Waals surface area contributed by atoms with Crippen LogP contribution in [0, 0.1) is 6.92 Å². The van der Waals surface area contributed by atoms with E-state index in [1.54, 1.807) is 14.0 Å². The molecule has 31 heavy (non-hydrogen) atoms. The summed E-state index contributed by atoms with van der Waals surface area (Å²) in [5.74, 6) is 0.649. The molecular weight excluding hydrogens is 392 g/mol. The highest BCUT2D eigenvalue weighted by Gasteiger charge is 2.26. The normalized spacial score (nSPS) is 17.2. The van der Waals surface area contributed by atoms with Crippen molar-refractivity contribution in [2.45, 2.75) is 39.2 Å². The molecule has 0 saturated carbocycles. The lowest BCUT2D eigenvalue weighted by Crippen LogP contribution is -2.38. The number of hydrogen-bond donors (Lipinski definition) is 3. The van der Waals surface area contributed by atoms with Crippen LogP contribution in [0.5, 0.6) is 5.75 Å². The lowest BCUT2D eigenvalue weighted by atomic mass is 10.0. The molecule has 0 aliphatic carbocycles. The van der Waals surface area contributed by atoms with Gasteiger partial charge in [-0.25, -0.2) is 0 Å². The molecule has 0 radical (unpaired) electrons. The number of fused-ring (bicyclic) bond motifs is 2. The highest BCUT2D eigenvalue weighted by molar-refractivity contribution is 6.09. The number of carbonyl (C=O) groups is 2. The van der Waals surface area contributed by atoms with Crippen LogP contribution in [0.3, 0.4) is 0 Å². The first-order valence-corrected chi connectivity index (χ1v) is 10.9. The average Bonchev–Trinajstić information content (AvgIpc) is 2.77. The van der Waals surface area contributed by atoms with Gasteiger partial charge in [-0.2, -0.15) is 0 Å². The molecule has 0 spiro atoms. The quantitative estimate of drug-likeness (QED) is 0.622. The van der Waals surface area contributed by atoms with Crippen molar-refractivity contribution in [3.63, 3.8) is 0 Å². The standard InChI is InChI=1S/C24H30N4O3/c1-15-12-19(22-20(13-15)27-23(29)16(2)26-22)24(30)25-9-5-11-28-10-4-6-17-7-8-18(31-3)14-21(17)28/h7-8,12-14,16,26H,4-6,9-11H2,1-3H3,(H,25,30)(H,27,29)/t16-/m1/s1. The third-order valence-electron chi connectivity index (χ3n) is 5.94. The highest BCUT2D eigenvalue weighted by atomic mass is 16.5. The predicted molar refractivity (Wildman–Crippen MR) is 123 cm³/mol. The van der Waals surface area contributed by atoms with Crippen LogP contribution in [0.1, 0.15) is 41.3 Å². The molecule has 2 aromatic rings. The Balaban J connectivity index is 1.38. The van der Waals surface area contributed by atoms with E-state index in [2.05, 4.69) is 33.0 Å². The summed E-state index contributed by atoms with van der Waals surface area (Å²) >= 11 is 0. The van der Waals surface area contributed by atoms with Gasteiger partial charge in [0.05, 0.1) is 24.0 Å². The van der Waals surface area contributed by atoms with Crippen molar-refractivity contribution in [1.29, 1.82) is 0 Å². The molecule has 2 aliphatic rings. The first-order valence-electron chi connectivity index (χ1n) is 10.9. The van der Waals surface area contributed by atoms with Gasteiger partial charge in [-0.15, -0.1) is 0 Å². The van der Waals surface area contributed by atoms with E-state index < -0.39 is 0 Å². The zero-order valence-electron chi connectivity index (χ0n) is 18.4. The van der Waals surface area contributed by atoms with E-state index in [1.807, 2.05) is 25.1 Å². The first kappa shape index (κ1) is 21.0. The Morgan fingerprint density at radius 2 is 2.13 bits per heavy atom. The van der Waals surface area contributed by atoms with Crippen molar-refractivity contribution in [3.8, 4) is 5.75 Å². The molecular formula is C24H30N4O3. The third kappa shape index (κ3) is 4.45. The second-order valence-electron chi connectivity index (χ2n) is 8.29. The monoisotopic (exact) mass is 422 g/mol. The van der Waals surface area contributed by atoms with Gasteiger partial charge in [0.2, 0.25) is 5.91 Å². The summed E-state index contributed by atoms with van der Waals surface area (Å²) in [6.45, 7) is 6.17. The van der Waals surface area contributed by atoms with E-state index in [9.17, 15) is 9.59 Å². The van der Waals surface area contributed by atoms with Crippen LogP contribution in [-0.4, -0.2) is 44.6 Å². The van der Waals surface area contributed by atoms with Gasteiger partial charge in [-0.05, 0) is 62.4 Å². The fourth-order valence-corrected chi connectivity index (χ4v) is 4.30. The summed E-state index contributed by atoms with van der Waals surface area (Å²) in [4.78, 5) is 27.2. The maximum Gasteiger partial charge on any atom is 0.253 e. The molecule has 2 aromatic carbocycles. The lowest BCUT2D eigenvalue weighted by molar-refractivity contribution is -0.116. The fourth-order valence-electron chi connectivity index (χ4n) is 4.30. The van der Waals surface area contributed by atoms with E-state index in [1.165, 1.54) is 11.3 Å². The van der Waals surface area contributed by atoms with Gasteiger partial charge in [-0.3, -0.25) is 9.59 Å². The van der Waals surface area contributed by atoms with Crippen molar-refractivity contribution in [2.75, 3.05) is 42.3 Å². The molecule has 3 N–H and O–H groups in total. The van der Waals surface area contributed by atoms with Crippen LogP contribution < -0.4 is 25.6 Å². The SMILES string of the molecule is COc1ccc2c(c1)N(CCCNC(=O)c1cc(C)cc3c1N[C@H](C)C(=O)N3)CCC2. The predicted octanol–water partition coefficient (Wildman–Crippen LogP) is 3.33. The van der Waals surface area contributed by atoms with Crippen LogP contribution in [0.4, 0.5) is 17.1 Å². The molecule has 2 heterocycles. The molecule has 2 aliphatic heterocycles. The largest absolute Gasteiger partial charge is 0.497 e. The van der Waals surface area contributed by atoms with Crippen molar-refractivity contribution in [2.24, 2.45) is 0 Å². The number of amides is 2. The number of anilines is 3. The smallest absolute Gasteiger partial charge is 0.253 e. The van der Waals surface area contributed by atoms with Crippen molar-refractivity contribution < 1.29 is 14.3 Å². The molecule has 0 aromatic heterocycles. The van der Waals surface area contributed by atoms with Gasteiger partial charge < -0.3 is 25.6 Å². The van der Waals surface area contributed by atoms with Crippen LogP contribution in [-0.2, 0) is 11.2 Å². The number of ether oxygens (including phenoxy) is 1. The van der Waals surface area contributed by atoms with Gasteiger partial charge in [0.15, 0.2) is 0 Å². The third-order valence-corrected chi connectivity index (χ3v) is 5.94. The maximum absolute atomic E-state index is 12.9. The summed E-state index contributed by atoms with van der Waals surface area (Å²) in [5, 5.41) is 9.08. The number of aryl methyl sites for hydroxylation is 2. The molecule has 7 heteroatoms. The van der Waals surface area contributed by atoms with E-state index >= 15 is 0 Å². The molecule has 0 fully saturated rings. The molecule has 164 valence electrons. The molecule has 2 amide bonds. The Bertz CT molecular complexity index is 1000. The number of nitrogens with one attached hydrogen (secondary N) is 3. The van der Waals surface area contributed by atoms with Crippen LogP contribution in [0.25, 0.3) is 0 Å². The highest BCUT2D eigenvalue weighted by Crippen LogP contribution is 2.32. The van der Waals surface area contributed by atoms with E-state index in [0.717, 1.165) is 43.7 Å². The van der Waals surface area contributed by atoms with E-state index in [0.29, 0.717) is 23.5 Å². The van der Waals surface area contributed by atoms with Gasteiger partial charge in [0.25, 0.3) is 5.91 Å². The molecule has 7 nitrogen and oxygen atoms in total. The zero-order chi connectivity index (χ0) is 22.0. The Hall–Kier alpha value is -3.22. The molecule has 0 unspecified atom stereocenters. The summed E-state index contributed by atoms with van der Waals surface area (Å²) in [6.07, 6.45) is 3.07. The number of nitrogens with zero attached hydrogens (tertiary/aromatic N) is 1. The second-order valence-corrected chi connectivity index (χ2v) is 8.29. The minimum atomic E-state index is -0.377. The topological polar surface area (TPSA) is 82.7 Å². The summed E-state index contributed by atoms with van der Waals surface area (Å²) in [7, 11) is 1.69. The number of carbonyl (C=O) groups excluding carboxylic acids is 2. The van der Waals surface area contributed by atoms with Gasteiger partial charge in [-0.1, -0.05) is 6.07 Å². The molecule has 0 bridgehead atoms. The average molecular weight is 423 g/mol. The Kier molecular flexibility index (Phi) is 6.02. The van der Waals surface area contributed by atoms with E-state index in [4.69, 9.17) is 4.74 Å². The Labute approximate surface area is 183 Å². The van der Waals surface area contributed by atoms with Gasteiger partial charge >= 0.3 is 0 Å². The molecule has 4 rings (SSSR count). The maximum atomic E-state index is 12.9. The number of benzene rings is 2. The zero-order valence-corrected chi connectivity index (χ0v) is 18.4.